The molecule has 0 bridgehead atoms. The molecule has 2 N–H and O–H groups in total. The Morgan fingerprint density at radius 3 is 2.67 bits per heavy atom. The number of para-hydroxylation sites is 1. The standard InChI is InChI=1S/C14H10N2O2/c17-8-12(18)13-9-4-1-2-5-10(9)16-14(13)11-6-3-7-15-11/h1-8,15-16H. The predicted octanol–water partition coefficient (Wildman–Crippen LogP) is 2.54. The lowest BCUT2D eigenvalue weighted by atomic mass is 10.1. The van der Waals surface area contributed by atoms with Gasteiger partial charge in [-0.1, -0.05) is 18.2 Å². The number of carbonyl (C=O) groups excluding carboxylic acids is 2. The lowest BCUT2D eigenvalue weighted by molar-refractivity contribution is -0.104. The summed E-state index contributed by atoms with van der Waals surface area (Å²) in [5, 5.41) is 0.763. The minimum absolute atomic E-state index is 0.349. The van der Waals surface area contributed by atoms with Gasteiger partial charge in [-0.15, -0.1) is 0 Å². The highest BCUT2D eigenvalue weighted by Gasteiger charge is 2.18. The van der Waals surface area contributed by atoms with E-state index >= 15 is 0 Å². The van der Waals surface area contributed by atoms with Crippen LogP contribution >= 0.6 is 0 Å². The first-order chi connectivity index (χ1) is 8.81. The Morgan fingerprint density at radius 1 is 1.11 bits per heavy atom. The fourth-order valence-corrected chi connectivity index (χ4v) is 2.14. The normalized spacial score (nSPS) is 10.7. The van der Waals surface area contributed by atoms with E-state index in [-0.39, 0.29) is 0 Å². The quantitative estimate of drug-likeness (QED) is 0.418. The van der Waals surface area contributed by atoms with Gasteiger partial charge in [0.1, 0.15) is 0 Å². The fraction of sp³-hybridized carbons (Fsp3) is 0. The van der Waals surface area contributed by atoms with Gasteiger partial charge in [-0.2, -0.15) is 0 Å². The third-order valence-electron chi connectivity index (χ3n) is 2.93. The number of carbonyl (C=O) groups is 2. The van der Waals surface area contributed by atoms with Crippen molar-refractivity contribution in [2.24, 2.45) is 0 Å². The van der Waals surface area contributed by atoms with Gasteiger partial charge in [-0.25, -0.2) is 0 Å². The highest BCUT2D eigenvalue weighted by atomic mass is 16.2. The van der Waals surface area contributed by atoms with Gasteiger partial charge in [-0.3, -0.25) is 9.59 Å². The molecule has 0 amide bonds. The lowest BCUT2D eigenvalue weighted by Gasteiger charge is -1.97. The van der Waals surface area contributed by atoms with Crippen LogP contribution in [0.25, 0.3) is 22.3 Å². The fourth-order valence-electron chi connectivity index (χ4n) is 2.14. The zero-order chi connectivity index (χ0) is 12.5. The second-order valence-electron chi connectivity index (χ2n) is 3.99. The van der Waals surface area contributed by atoms with E-state index in [0.717, 1.165) is 16.6 Å². The summed E-state index contributed by atoms with van der Waals surface area (Å²) in [6, 6.07) is 11.1. The van der Waals surface area contributed by atoms with Crippen LogP contribution in [-0.2, 0) is 4.79 Å². The highest BCUT2D eigenvalue weighted by molar-refractivity contribution is 6.38. The maximum atomic E-state index is 11.8. The number of hydrogen-bond donors (Lipinski definition) is 2. The van der Waals surface area contributed by atoms with E-state index in [1.165, 1.54) is 0 Å². The van der Waals surface area contributed by atoms with Crippen LogP contribution in [0.15, 0.2) is 42.6 Å². The molecule has 2 heterocycles. The van der Waals surface area contributed by atoms with Crippen molar-refractivity contribution in [1.29, 1.82) is 0 Å². The molecule has 3 aromatic rings. The van der Waals surface area contributed by atoms with Crippen LogP contribution in [0.4, 0.5) is 0 Å². The Morgan fingerprint density at radius 2 is 1.94 bits per heavy atom. The molecule has 1 aromatic carbocycles. The van der Waals surface area contributed by atoms with Crippen LogP contribution in [0, 0.1) is 0 Å². The molecule has 18 heavy (non-hydrogen) atoms. The van der Waals surface area contributed by atoms with E-state index in [1.54, 1.807) is 6.20 Å². The molecule has 3 rings (SSSR count). The number of nitrogens with one attached hydrogen (secondary N) is 2. The number of H-pyrrole nitrogens is 2. The topological polar surface area (TPSA) is 65.7 Å². The van der Waals surface area contributed by atoms with Gasteiger partial charge >= 0.3 is 0 Å². The van der Waals surface area contributed by atoms with Crippen molar-refractivity contribution in [3.8, 4) is 11.4 Å². The first-order valence-corrected chi connectivity index (χ1v) is 5.55. The summed E-state index contributed by atoms with van der Waals surface area (Å²) >= 11 is 0. The molecule has 0 fully saturated rings. The predicted molar refractivity (Wildman–Crippen MR) is 68.5 cm³/mol. The smallest absolute Gasteiger partial charge is 0.228 e. The molecular weight excluding hydrogens is 228 g/mol. The zero-order valence-electron chi connectivity index (χ0n) is 9.44. The summed E-state index contributed by atoms with van der Waals surface area (Å²) in [7, 11) is 0. The van der Waals surface area contributed by atoms with Gasteiger partial charge in [0.15, 0.2) is 6.29 Å². The third kappa shape index (κ3) is 1.47. The van der Waals surface area contributed by atoms with E-state index in [2.05, 4.69) is 9.97 Å². The average molecular weight is 238 g/mol. The Bertz CT molecular complexity index is 723. The second-order valence-corrected chi connectivity index (χ2v) is 3.99. The molecule has 4 heteroatoms. The third-order valence-corrected chi connectivity index (χ3v) is 2.93. The number of ketones is 1. The summed E-state index contributed by atoms with van der Waals surface area (Å²) < 4.78 is 0. The van der Waals surface area contributed by atoms with E-state index in [1.807, 2.05) is 36.4 Å². The molecular formula is C14H10N2O2. The minimum Gasteiger partial charge on any atom is -0.360 e. The van der Waals surface area contributed by atoms with E-state index < -0.39 is 5.78 Å². The number of hydrogen-bond acceptors (Lipinski definition) is 2. The molecule has 0 aliphatic heterocycles. The first kappa shape index (κ1) is 10.5. The molecule has 4 nitrogen and oxygen atoms in total. The number of aromatic amines is 2. The summed E-state index contributed by atoms with van der Waals surface area (Å²) in [5.41, 5.74) is 2.70. The van der Waals surface area contributed by atoms with Crippen LogP contribution in [0.3, 0.4) is 0 Å². The summed E-state index contributed by atoms with van der Waals surface area (Å²) in [6.45, 7) is 0. The van der Waals surface area contributed by atoms with E-state index in [0.29, 0.717) is 17.5 Å². The molecule has 0 saturated carbocycles. The largest absolute Gasteiger partial charge is 0.360 e. The first-order valence-electron chi connectivity index (χ1n) is 5.55. The number of aldehydes is 1. The Balaban J connectivity index is 2.37. The van der Waals surface area contributed by atoms with Crippen LogP contribution in [0.2, 0.25) is 0 Å². The monoisotopic (exact) mass is 238 g/mol. The van der Waals surface area contributed by atoms with Crippen molar-refractivity contribution in [3.05, 3.63) is 48.2 Å². The molecule has 0 unspecified atom stereocenters. The maximum absolute atomic E-state index is 11.8. The lowest BCUT2D eigenvalue weighted by Crippen LogP contribution is -2.01. The summed E-state index contributed by atoms with van der Waals surface area (Å²) in [4.78, 5) is 28.8. The summed E-state index contributed by atoms with van der Waals surface area (Å²) in [6.07, 6.45) is 2.12. The van der Waals surface area contributed by atoms with Crippen molar-refractivity contribution in [2.45, 2.75) is 0 Å². The van der Waals surface area contributed by atoms with Crippen molar-refractivity contribution in [1.82, 2.24) is 9.97 Å². The molecule has 0 aliphatic rings. The molecule has 0 saturated heterocycles. The minimum atomic E-state index is -0.517. The Hall–Kier alpha value is -2.62. The SMILES string of the molecule is O=CC(=O)c1c(-c2ccc[nH]2)[nH]c2ccccc12. The molecule has 0 aliphatic carbocycles. The molecule has 0 atom stereocenters. The number of Topliss-reactive ketones (excluding diaryl/α,β-unsaturated/α-hetero) is 1. The van der Waals surface area contributed by atoms with Crippen LogP contribution in [0.1, 0.15) is 10.4 Å². The van der Waals surface area contributed by atoms with Gasteiger partial charge in [-0.05, 0) is 18.2 Å². The van der Waals surface area contributed by atoms with E-state index in [9.17, 15) is 9.59 Å². The second kappa shape index (κ2) is 4.00. The molecule has 0 spiro atoms. The van der Waals surface area contributed by atoms with Crippen LogP contribution < -0.4 is 0 Å². The number of rotatable bonds is 3. The van der Waals surface area contributed by atoms with E-state index in [4.69, 9.17) is 0 Å². The van der Waals surface area contributed by atoms with Gasteiger partial charge in [0.05, 0.1) is 17.0 Å². The number of aromatic nitrogens is 2. The summed E-state index contributed by atoms with van der Waals surface area (Å²) in [5.74, 6) is -0.517. The molecule has 0 radical (unpaired) electrons. The maximum Gasteiger partial charge on any atom is 0.228 e. The highest BCUT2D eigenvalue weighted by Crippen LogP contribution is 2.29. The van der Waals surface area contributed by atoms with Gasteiger partial charge in [0.2, 0.25) is 5.78 Å². The number of benzene rings is 1. The van der Waals surface area contributed by atoms with Crippen molar-refractivity contribution < 1.29 is 9.59 Å². The zero-order valence-corrected chi connectivity index (χ0v) is 9.44. The molecule has 2 aromatic heterocycles. The van der Waals surface area contributed by atoms with Crippen molar-refractivity contribution in [3.63, 3.8) is 0 Å². The Labute approximate surface area is 103 Å². The van der Waals surface area contributed by atoms with Gasteiger partial charge in [0.25, 0.3) is 0 Å². The van der Waals surface area contributed by atoms with Crippen molar-refractivity contribution >= 4 is 23.0 Å². The van der Waals surface area contributed by atoms with Gasteiger partial charge < -0.3 is 9.97 Å². The molecule has 88 valence electrons. The average Bonchev–Trinajstić information content (AvgIpc) is 3.04. The van der Waals surface area contributed by atoms with Crippen molar-refractivity contribution in [2.75, 3.05) is 0 Å². The van der Waals surface area contributed by atoms with Gasteiger partial charge in [0, 0.05) is 17.1 Å². The Kier molecular flexibility index (Phi) is 2.34. The van der Waals surface area contributed by atoms with Crippen LogP contribution in [0.5, 0.6) is 0 Å². The number of fused-ring (bicyclic) bond motifs is 1. The van der Waals surface area contributed by atoms with Crippen LogP contribution in [-0.4, -0.2) is 22.0 Å².